The Hall–Kier alpha value is -2.14. The van der Waals surface area contributed by atoms with Gasteiger partial charge in [-0.15, -0.1) is 0 Å². The summed E-state index contributed by atoms with van der Waals surface area (Å²) in [5.74, 6) is 0.541. The maximum atomic E-state index is 12.1. The normalized spacial score (nSPS) is 18.4. The van der Waals surface area contributed by atoms with Gasteiger partial charge in [-0.2, -0.15) is 5.10 Å². The van der Waals surface area contributed by atoms with E-state index in [2.05, 4.69) is 22.5 Å². The van der Waals surface area contributed by atoms with Crippen molar-refractivity contribution in [1.82, 2.24) is 9.78 Å². The molecule has 1 aromatic heterocycles. The monoisotopic (exact) mass is 285 g/mol. The van der Waals surface area contributed by atoms with Gasteiger partial charge < -0.3 is 10.1 Å². The van der Waals surface area contributed by atoms with Crippen molar-refractivity contribution >= 4 is 11.7 Å². The van der Waals surface area contributed by atoms with Crippen LogP contribution in [0.25, 0.3) is 0 Å². The van der Waals surface area contributed by atoms with Crippen LogP contribution in [0.1, 0.15) is 18.4 Å². The SMILES string of the molecule is O=C(Nc1ccn(Cc2ccccc2)n1)C1CCCOC1. The first-order chi connectivity index (χ1) is 10.3. The van der Waals surface area contributed by atoms with Crippen molar-refractivity contribution in [2.24, 2.45) is 5.92 Å². The molecular formula is C16H19N3O2. The van der Waals surface area contributed by atoms with E-state index in [1.807, 2.05) is 35.1 Å². The molecule has 1 amide bonds. The molecule has 1 unspecified atom stereocenters. The summed E-state index contributed by atoms with van der Waals surface area (Å²) in [7, 11) is 0. The van der Waals surface area contributed by atoms with E-state index in [1.165, 1.54) is 5.56 Å². The third-order valence-electron chi connectivity index (χ3n) is 3.61. The summed E-state index contributed by atoms with van der Waals surface area (Å²) in [5, 5.41) is 7.25. The minimum atomic E-state index is -0.0574. The van der Waals surface area contributed by atoms with Gasteiger partial charge >= 0.3 is 0 Å². The third kappa shape index (κ3) is 3.70. The standard InChI is InChI=1S/C16H19N3O2/c20-16(14-7-4-10-21-12-14)17-15-8-9-19(18-15)11-13-5-2-1-3-6-13/h1-3,5-6,8-9,14H,4,7,10-12H2,(H,17,18,20). The number of anilines is 1. The minimum Gasteiger partial charge on any atom is -0.381 e. The number of nitrogens with one attached hydrogen (secondary N) is 1. The molecule has 1 fully saturated rings. The highest BCUT2D eigenvalue weighted by Crippen LogP contribution is 2.16. The van der Waals surface area contributed by atoms with E-state index < -0.39 is 0 Å². The topological polar surface area (TPSA) is 56.2 Å². The highest BCUT2D eigenvalue weighted by molar-refractivity contribution is 5.91. The molecule has 5 nitrogen and oxygen atoms in total. The number of ether oxygens (including phenoxy) is 1. The Morgan fingerprint density at radius 1 is 1.33 bits per heavy atom. The number of aromatic nitrogens is 2. The van der Waals surface area contributed by atoms with Gasteiger partial charge in [0.2, 0.25) is 5.91 Å². The molecule has 2 aromatic rings. The van der Waals surface area contributed by atoms with E-state index in [-0.39, 0.29) is 11.8 Å². The lowest BCUT2D eigenvalue weighted by Gasteiger charge is -2.20. The number of rotatable bonds is 4. The minimum absolute atomic E-state index is 0.000314. The molecule has 0 radical (unpaired) electrons. The van der Waals surface area contributed by atoms with Crippen LogP contribution in [-0.2, 0) is 16.1 Å². The predicted molar refractivity (Wildman–Crippen MR) is 79.9 cm³/mol. The summed E-state index contributed by atoms with van der Waals surface area (Å²) in [4.78, 5) is 12.1. The average Bonchev–Trinajstić information content (AvgIpc) is 2.96. The zero-order valence-corrected chi connectivity index (χ0v) is 11.9. The maximum absolute atomic E-state index is 12.1. The van der Waals surface area contributed by atoms with Crippen LogP contribution >= 0.6 is 0 Å². The molecule has 110 valence electrons. The first-order valence-electron chi connectivity index (χ1n) is 7.27. The Morgan fingerprint density at radius 3 is 2.95 bits per heavy atom. The number of benzene rings is 1. The number of hydrogen-bond acceptors (Lipinski definition) is 3. The van der Waals surface area contributed by atoms with Gasteiger partial charge in [-0.25, -0.2) is 0 Å². The second kappa shape index (κ2) is 6.54. The lowest BCUT2D eigenvalue weighted by atomic mass is 10.0. The molecule has 1 saturated heterocycles. The van der Waals surface area contributed by atoms with Crippen LogP contribution in [0, 0.1) is 5.92 Å². The Bertz CT molecular complexity index is 589. The van der Waals surface area contributed by atoms with Crippen molar-refractivity contribution in [2.45, 2.75) is 19.4 Å². The Balaban J connectivity index is 1.58. The highest BCUT2D eigenvalue weighted by Gasteiger charge is 2.22. The van der Waals surface area contributed by atoms with E-state index in [0.717, 1.165) is 19.4 Å². The molecule has 1 aliphatic heterocycles. The van der Waals surface area contributed by atoms with E-state index in [9.17, 15) is 4.79 Å². The summed E-state index contributed by atoms with van der Waals surface area (Å²) in [5.41, 5.74) is 1.18. The number of carbonyl (C=O) groups excluding carboxylic acids is 1. The molecule has 0 aliphatic carbocycles. The third-order valence-corrected chi connectivity index (χ3v) is 3.61. The van der Waals surface area contributed by atoms with Gasteiger partial charge in [0, 0.05) is 18.9 Å². The largest absolute Gasteiger partial charge is 0.381 e. The van der Waals surface area contributed by atoms with Crippen LogP contribution in [-0.4, -0.2) is 28.9 Å². The summed E-state index contributed by atoms with van der Waals surface area (Å²) in [6.45, 7) is 1.97. The fraction of sp³-hybridized carbons (Fsp3) is 0.375. The number of carbonyl (C=O) groups is 1. The van der Waals surface area contributed by atoms with Gasteiger partial charge in [0.1, 0.15) is 0 Å². The number of hydrogen-bond donors (Lipinski definition) is 1. The lowest BCUT2D eigenvalue weighted by Crippen LogP contribution is -2.30. The smallest absolute Gasteiger partial charge is 0.231 e. The van der Waals surface area contributed by atoms with E-state index in [0.29, 0.717) is 19.0 Å². The summed E-state index contributed by atoms with van der Waals surface area (Å²) >= 11 is 0. The van der Waals surface area contributed by atoms with Crippen LogP contribution in [0.5, 0.6) is 0 Å². The predicted octanol–water partition coefficient (Wildman–Crippen LogP) is 2.30. The molecule has 21 heavy (non-hydrogen) atoms. The molecule has 0 spiro atoms. The quantitative estimate of drug-likeness (QED) is 0.937. The Morgan fingerprint density at radius 2 is 2.19 bits per heavy atom. The van der Waals surface area contributed by atoms with Gasteiger partial charge in [0.05, 0.1) is 19.1 Å². The van der Waals surface area contributed by atoms with Gasteiger partial charge in [-0.3, -0.25) is 9.48 Å². The molecule has 3 rings (SSSR count). The summed E-state index contributed by atoms with van der Waals surface area (Å²) in [6, 6.07) is 11.9. The fourth-order valence-electron chi connectivity index (χ4n) is 2.46. The maximum Gasteiger partial charge on any atom is 0.231 e. The zero-order chi connectivity index (χ0) is 14.5. The Labute approximate surface area is 123 Å². The van der Waals surface area contributed by atoms with Crippen LogP contribution in [0.4, 0.5) is 5.82 Å². The Kier molecular flexibility index (Phi) is 4.31. The van der Waals surface area contributed by atoms with Crippen LogP contribution < -0.4 is 5.32 Å². The van der Waals surface area contributed by atoms with Crippen molar-refractivity contribution in [3.05, 3.63) is 48.2 Å². The van der Waals surface area contributed by atoms with Gasteiger partial charge in [-0.05, 0) is 18.4 Å². The van der Waals surface area contributed by atoms with Crippen molar-refractivity contribution in [3.8, 4) is 0 Å². The number of nitrogens with zero attached hydrogens (tertiary/aromatic N) is 2. The second-order valence-corrected chi connectivity index (χ2v) is 5.29. The molecule has 1 atom stereocenters. The fourth-order valence-corrected chi connectivity index (χ4v) is 2.46. The van der Waals surface area contributed by atoms with E-state index in [4.69, 9.17) is 4.74 Å². The van der Waals surface area contributed by atoms with Crippen molar-refractivity contribution in [3.63, 3.8) is 0 Å². The van der Waals surface area contributed by atoms with Crippen LogP contribution in [0.15, 0.2) is 42.6 Å². The van der Waals surface area contributed by atoms with Gasteiger partial charge in [0.15, 0.2) is 5.82 Å². The average molecular weight is 285 g/mol. The molecule has 1 N–H and O–H groups in total. The molecule has 0 saturated carbocycles. The first-order valence-corrected chi connectivity index (χ1v) is 7.27. The highest BCUT2D eigenvalue weighted by atomic mass is 16.5. The summed E-state index contributed by atoms with van der Waals surface area (Å²) < 4.78 is 7.16. The molecule has 5 heteroatoms. The van der Waals surface area contributed by atoms with Gasteiger partial charge in [0.25, 0.3) is 0 Å². The molecule has 1 aliphatic rings. The van der Waals surface area contributed by atoms with Gasteiger partial charge in [-0.1, -0.05) is 30.3 Å². The lowest BCUT2D eigenvalue weighted by molar-refractivity contribution is -0.123. The van der Waals surface area contributed by atoms with E-state index in [1.54, 1.807) is 0 Å². The van der Waals surface area contributed by atoms with Crippen molar-refractivity contribution < 1.29 is 9.53 Å². The van der Waals surface area contributed by atoms with E-state index >= 15 is 0 Å². The van der Waals surface area contributed by atoms with Crippen LogP contribution in [0.2, 0.25) is 0 Å². The van der Waals surface area contributed by atoms with Crippen molar-refractivity contribution in [1.29, 1.82) is 0 Å². The summed E-state index contributed by atoms with van der Waals surface area (Å²) in [6.07, 6.45) is 3.71. The first kappa shape index (κ1) is 13.8. The molecule has 2 heterocycles. The molecule has 1 aromatic carbocycles. The van der Waals surface area contributed by atoms with Crippen molar-refractivity contribution in [2.75, 3.05) is 18.5 Å². The number of amides is 1. The second-order valence-electron chi connectivity index (χ2n) is 5.29. The molecular weight excluding hydrogens is 266 g/mol. The van der Waals surface area contributed by atoms with Crippen LogP contribution in [0.3, 0.4) is 0 Å². The zero-order valence-electron chi connectivity index (χ0n) is 11.9. The molecule has 0 bridgehead atoms.